The third-order valence-electron chi connectivity index (χ3n) is 4.83. The molecule has 0 atom stereocenters. The number of anilines is 1. The zero-order valence-corrected chi connectivity index (χ0v) is 17.6. The molecule has 0 amide bonds. The van der Waals surface area contributed by atoms with E-state index in [0.29, 0.717) is 17.4 Å². The second-order valence-electron chi connectivity index (χ2n) is 7.19. The van der Waals surface area contributed by atoms with E-state index in [0.717, 1.165) is 34.3 Å². The van der Waals surface area contributed by atoms with Gasteiger partial charge in [0, 0.05) is 30.9 Å². The normalized spacial score (nSPS) is 10.9. The SMILES string of the molecule is CN(C)c1nc(=O)n(-c2cccc(CCOc3ccccc3)c2)c2cc(Cl)ccc12. The molecule has 4 rings (SSSR count). The van der Waals surface area contributed by atoms with Crippen molar-refractivity contribution in [1.82, 2.24) is 9.55 Å². The molecule has 0 unspecified atom stereocenters. The second-order valence-corrected chi connectivity index (χ2v) is 7.63. The van der Waals surface area contributed by atoms with Crippen molar-refractivity contribution < 1.29 is 4.74 Å². The number of rotatable bonds is 6. The number of aromatic nitrogens is 2. The third-order valence-corrected chi connectivity index (χ3v) is 5.06. The van der Waals surface area contributed by atoms with Gasteiger partial charge in [-0.3, -0.25) is 4.57 Å². The number of ether oxygens (including phenoxy) is 1. The molecule has 0 bridgehead atoms. The fourth-order valence-electron chi connectivity index (χ4n) is 3.43. The Morgan fingerprint density at radius 2 is 1.80 bits per heavy atom. The van der Waals surface area contributed by atoms with E-state index in [1.807, 2.05) is 85.7 Å². The van der Waals surface area contributed by atoms with Crippen LogP contribution in [0.25, 0.3) is 16.6 Å². The van der Waals surface area contributed by atoms with Crippen LogP contribution in [0.4, 0.5) is 5.82 Å². The Labute approximate surface area is 180 Å². The van der Waals surface area contributed by atoms with Crippen LogP contribution >= 0.6 is 11.6 Å². The van der Waals surface area contributed by atoms with E-state index in [9.17, 15) is 4.79 Å². The van der Waals surface area contributed by atoms with Gasteiger partial charge in [0.05, 0.1) is 17.8 Å². The van der Waals surface area contributed by atoms with Crippen molar-refractivity contribution in [3.63, 3.8) is 0 Å². The van der Waals surface area contributed by atoms with Gasteiger partial charge in [0.25, 0.3) is 0 Å². The molecule has 152 valence electrons. The number of hydrogen-bond acceptors (Lipinski definition) is 4. The van der Waals surface area contributed by atoms with E-state index in [1.54, 1.807) is 10.6 Å². The molecule has 4 aromatic rings. The molecular formula is C24H22ClN3O2. The topological polar surface area (TPSA) is 47.4 Å². The summed E-state index contributed by atoms with van der Waals surface area (Å²) in [6.07, 6.45) is 0.722. The molecule has 30 heavy (non-hydrogen) atoms. The summed E-state index contributed by atoms with van der Waals surface area (Å²) in [4.78, 5) is 19.1. The van der Waals surface area contributed by atoms with Crippen molar-refractivity contribution in [1.29, 1.82) is 0 Å². The van der Waals surface area contributed by atoms with E-state index in [2.05, 4.69) is 4.98 Å². The molecule has 1 heterocycles. The molecule has 6 heteroatoms. The Balaban J connectivity index is 1.70. The maximum Gasteiger partial charge on any atom is 0.354 e. The van der Waals surface area contributed by atoms with Crippen LogP contribution in [0.2, 0.25) is 5.02 Å². The van der Waals surface area contributed by atoms with Crippen molar-refractivity contribution in [2.24, 2.45) is 0 Å². The molecule has 0 saturated carbocycles. The molecule has 0 N–H and O–H groups in total. The zero-order chi connectivity index (χ0) is 21.1. The van der Waals surface area contributed by atoms with Gasteiger partial charge >= 0.3 is 5.69 Å². The minimum absolute atomic E-state index is 0.342. The van der Waals surface area contributed by atoms with E-state index in [-0.39, 0.29) is 5.69 Å². The number of nitrogens with zero attached hydrogens (tertiary/aromatic N) is 3. The largest absolute Gasteiger partial charge is 0.493 e. The predicted octanol–water partition coefficient (Wildman–Crippen LogP) is 4.73. The Kier molecular flexibility index (Phi) is 5.72. The average molecular weight is 420 g/mol. The minimum Gasteiger partial charge on any atom is -0.493 e. The highest BCUT2D eigenvalue weighted by Crippen LogP contribution is 2.26. The number of halogens is 1. The highest BCUT2D eigenvalue weighted by Gasteiger charge is 2.14. The maximum absolute atomic E-state index is 12.9. The van der Waals surface area contributed by atoms with Gasteiger partial charge in [-0.2, -0.15) is 4.98 Å². The number of para-hydroxylation sites is 1. The summed E-state index contributed by atoms with van der Waals surface area (Å²) in [6, 6.07) is 23.1. The molecule has 0 fully saturated rings. The highest BCUT2D eigenvalue weighted by atomic mass is 35.5. The van der Waals surface area contributed by atoms with Crippen LogP contribution < -0.4 is 15.3 Å². The van der Waals surface area contributed by atoms with Crippen molar-refractivity contribution in [2.45, 2.75) is 6.42 Å². The maximum atomic E-state index is 12.9. The quantitative estimate of drug-likeness (QED) is 0.453. The molecule has 0 spiro atoms. The van der Waals surface area contributed by atoms with E-state index < -0.39 is 0 Å². The summed E-state index contributed by atoms with van der Waals surface area (Å²) in [6.45, 7) is 0.548. The third kappa shape index (κ3) is 4.16. The van der Waals surface area contributed by atoms with Gasteiger partial charge in [0.15, 0.2) is 0 Å². The van der Waals surface area contributed by atoms with Gasteiger partial charge in [-0.1, -0.05) is 41.9 Å². The Morgan fingerprint density at radius 3 is 2.57 bits per heavy atom. The second kappa shape index (κ2) is 8.59. The van der Waals surface area contributed by atoms with Crippen LogP contribution in [-0.4, -0.2) is 30.3 Å². The van der Waals surface area contributed by atoms with Gasteiger partial charge < -0.3 is 9.64 Å². The van der Waals surface area contributed by atoms with Crippen molar-refractivity contribution in [2.75, 3.05) is 25.6 Å². The molecule has 1 aromatic heterocycles. The number of benzene rings is 3. The zero-order valence-electron chi connectivity index (χ0n) is 16.9. The summed E-state index contributed by atoms with van der Waals surface area (Å²) in [7, 11) is 3.74. The molecule has 0 radical (unpaired) electrons. The van der Waals surface area contributed by atoms with Crippen LogP contribution in [0.15, 0.2) is 77.6 Å². The summed E-state index contributed by atoms with van der Waals surface area (Å²) >= 11 is 6.25. The van der Waals surface area contributed by atoms with Crippen molar-refractivity contribution in [3.8, 4) is 11.4 Å². The van der Waals surface area contributed by atoms with Crippen LogP contribution in [0.1, 0.15) is 5.56 Å². The lowest BCUT2D eigenvalue weighted by Crippen LogP contribution is -2.25. The Bertz CT molecular complexity index is 1240. The standard InChI is InChI=1S/C24H22ClN3O2/c1-27(2)23-21-12-11-18(25)16-22(21)28(24(29)26-23)19-8-6-7-17(15-19)13-14-30-20-9-4-3-5-10-20/h3-12,15-16H,13-14H2,1-2H3. The van der Waals surface area contributed by atoms with Crippen LogP contribution in [0, 0.1) is 0 Å². The van der Waals surface area contributed by atoms with Crippen LogP contribution in [0.3, 0.4) is 0 Å². The van der Waals surface area contributed by atoms with Gasteiger partial charge in [0.2, 0.25) is 0 Å². The monoisotopic (exact) mass is 419 g/mol. The lowest BCUT2D eigenvalue weighted by molar-refractivity contribution is 0.322. The first kappa shape index (κ1) is 20.0. The lowest BCUT2D eigenvalue weighted by Gasteiger charge is -2.17. The molecular weight excluding hydrogens is 398 g/mol. The van der Waals surface area contributed by atoms with Gasteiger partial charge in [-0.25, -0.2) is 4.79 Å². The van der Waals surface area contributed by atoms with E-state index in [1.165, 1.54) is 0 Å². The van der Waals surface area contributed by atoms with Crippen LogP contribution in [0.5, 0.6) is 5.75 Å². The molecule has 5 nitrogen and oxygen atoms in total. The summed E-state index contributed by atoms with van der Waals surface area (Å²) < 4.78 is 7.41. The van der Waals surface area contributed by atoms with Gasteiger partial charge in [0.1, 0.15) is 11.6 Å². The molecule has 0 saturated heterocycles. The Morgan fingerprint density at radius 1 is 1.00 bits per heavy atom. The minimum atomic E-state index is -0.342. The number of fused-ring (bicyclic) bond motifs is 1. The fourth-order valence-corrected chi connectivity index (χ4v) is 3.59. The molecule has 3 aromatic carbocycles. The van der Waals surface area contributed by atoms with Crippen molar-refractivity contribution >= 4 is 28.3 Å². The lowest BCUT2D eigenvalue weighted by atomic mass is 10.1. The smallest absolute Gasteiger partial charge is 0.354 e. The first-order valence-corrected chi connectivity index (χ1v) is 10.1. The first-order chi connectivity index (χ1) is 14.5. The van der Waals surface area contributed by atoms with Gasteiger partial charge in [-0.05, 0) is 48.0 Å². The number of hydrogen-bond donors (Lipinski definition) is 0. The van der Waals surface area contributed by atoms with Gasteiger partial charge in [-0.15, -0.1) is 0 Å². The van der Waals surface area contributed by atoms with Crippen molar-refractivity contribution in [3.05, 3.63) is 93.9 Å². The first-order valence-electron chi connectivity index (χ1n) is 9.70. The molecule has 0 aliphatic rings. The van der Waals surface area contributed by atoms with E-state index >= 15 is 0 Å². The Hall–Kier alpha value is -3.31. The highest BCUT2D eigenvalue weighted by molar-refractivity contribution is 6.31. The molecule has 0 aliphatic heterocycles. The summed E-state index contributed by atoms with van der Waals surface area (Å²) in [5.41, 5.74) is 2.21. The summed E-state index contributed by atoms with van der Waals surface area (Å²) in [5, 5.41) is 1.43. The average Bonchev–Trinajstić information content (AvgIpc) is 2.74. The fraction of sp³-hybridized carbons (Fsp3) is 0.167. The predicted molar refractivity (Wildman–Crippen MR) is 122 cm³/mol. The summed E-state index contributed by atoms with van der Waals surface area (Å²) in [5.74, 6) is 1.46. The van der Waals surface area contributed by atoms with Crippen LogP contribution in [-0.2, 0) is 6.42 Å². The van der Waals surface area contributed by atoms with E-state index in [4.69, 9.17) is 16.3 Å². The molecule has 0 aliphatic carbocycles.